The van der Waals surface area contributed by atoms with Crippen molar-refractivity contribution in [3.8, 4) is 0 Å². The number of rotatable bonds is 5. The predicted octanol–water partition coefficient (Wildman–Crippen LogP) is 1.47. The van der Waals surface area contributed by atoms with Crippen molar-refractivity contribution in [2.24, 2.45) is 0 Å². The average Bonchev–Trinajstić information content (AvgIpc) is 2.84. The summed E-state index contributed by atoms with van der Waals surface area (Å²) in [6.45, 7) is 0.642. The molecule has 0 saturated carbocycles. The molecule has 0 atom stereocenters. The van der Waals surface area contributed by atoms with Gasteiger partial charge in [-0.15, -0.1) is 11.3 Å². The summed E-state index contributed by atoms with van der Waals surface area (Å²) in [5, 5.41) is 14.9. The van der Waals surface area contributed by atoms with Crippen LogP contribution >= 0.6 is 11.3 Å². The molecule has 0 radical (unpaired) electrons. The van der Waals surface area contributed by atoms with Gasteiger partial charge in [-0.2, -0.15) is 0 Å². The molecule has 2 rings (SSSR count). The molecular weight excluding hydrogens is 252 g/mol. The first-order valence-electron chi connectivity index (χ1n) is 5.28. The summed E-state index contributed by atoms with van der Waals surface area (Å²) in [6.07, 6.45) is 3.87. The minimum atomic E-state index is -1.06. The summed E-state index contributed by atoms with van der Waals surface area (Å²) in [4.78, 5) is 19.1. The number of nitrogen functional groups attached to an aromatic ring is 1. The van der Waals surface area contributed by atoms with E-state index in [-0.39, 0.29) is 11.3 Å². The number of carboxylic acid groups (broad SMARTS) is 1. The molecule has 0 unspecified atom stereocenters. The normalized spacial score (nSPS) is 10.2. The first-order valence-corrected chi connectivity index (χ1v) is 6.16. The Kier molecular flexibility index (Phi) is 3.73. The summed E-state index contributed by atoms with van der Waals surface area (Å²) in [6, 6.07) is 1.43. The van der Waals surface area contributed by atoms with Gasteiger partial charge in [-0.25, -0.2) is 14.8 Å². The van der Waals surface area contributed by atoms with Gasteiger partial charge < -0.3 is 16.2 Å². The molecule has 4 N–H and O–H groups in total. The van der Waals surface area contributed by atoms with Crippen LogP contribution in [0.2, 0.25) is 0 Å². The van der Waals surface area contributed by atoms with Gasteiger partial charge in [-0.1, -0.05) is 0 Å². The summed E-state index contributed by atoms with van der Waals surface area (Å²) < 4.78 is 0. The number of nitrogens with two attached hydrogens (primary N) is 1. The van der Waals surface area contributed by atoms with Crippen molar-refractivity contribution in [1.82, 2.24) is 9.97 Å². The van der Waals surface area contributed by atoms with Crippen LogP contribution in [0.4, 0.5) is 11.5 Å². The van der Waals surface area contributed by atoms with Gasteiger partial charge in [-0.3, -0.25) is 0 Å². The molecule has 0 aliphatic rings. The number of nitrogens with one attached hydrogen (secondary N) is 1. The van der Waals surface area contributed by atoms with Crippen LogP contribution in [0, 0.1) is 0 Å². The van der Waals surface area contributed by atoms with Crippen LogP contribution in [0.5, 0.6) is 0 Å². The molecule has 7 heteroatoms. The Morgan fingerprint density at radius 1 is 1.50 bits per heavy atom. The first kappa shape index (κ1) is 12.3. The van der Waals surface area contributed by atoms with E-state index in [0.717, 1.165) is 11.4 Å². The first-order chi connectivity index (χ1) is 8.66. The number of carbonyl (C=O) groups is 1. The highest BCUT2D eigenvalue weighted by atomic mass is 32.1. The van der Waals surface area contributed by atoms with E-state index in [4.69, 9.17) is 10.8 Å². The van der Waals surface area contributed by atoms with Crippen molar-refractivity contribution in [2.45, 2.75) is 6.42 Å². The standard InChI is InChI=1S/C11H12N4O2S/c12-8-6-15-9(5-7(8)11(16)17)13-2-1-10-14-3-4-18-10/h3-6H,1-2,12H2,(H,13,15)(H,16,17). The second-order valence-corrected chi connectivity index (χ2v) is 4.54. The second-order valence-electron chi connectivity index (χ2n) is 3.56. The zero-order chi connectivity index (χ0) is 13.0. The van der Waals surface area contributed by atoms with Crippen LogP contribution in [-0.2, 0) is 6.42 Å². The quantitative estimate of drug-likeness (QED) is 0.756. The van der Waals surface area contributed by atoms with Crippen LogP contribution in [0.15, 0.2) is 23.8 Å². The van der Waals surface area contributed by atoms with Crippen molar-refractivity contribution in [3.63, 3.8) is 0 Å². The molecule has 2 heterocycles. The minimum Gasteiger partial charge on any atom is -0.478 e. The number of nitrogens with zero attached hydrogens (tertiary/aromatic N) is 2. The fourth-order valence-electron chi connectivity index (χ4n) is 1.42. The van der Waals surface area contributed by atoms with Crippen molar-refractivity contribution in [1.29, 1.82) is 0 Å². The third-order valence-electron chi connectivity index (χ3n) is 2.29. The van der Waals surface area contributed by atoms with Gasteiger partial charge in [0.2, 0.25) is 0 Å². The van der Waals surface area contributed by atoms with Gasteiger partial charge in [0.25, 0.3) is 0 Å². The lowest BCUT2D eigenvalue weighted by Gasteiger charge is -2.06. The van der Waals surface area contributed by atoms with E-state index in [1.807, 2.05) is 5.38 Å². The second kappa shape index (κ2) is 5.46. The van der Waals surface area contributed by atoms with Crippen LogP contribution in [0.1, 0.15) is 15.4 Å². The number of anilines is 2. The Morgan fingerprint density at radius 2 is 2.33 bits per heavy atom. The predicted molar refractivity (Wildman–Crippen MR) is 69.9 cm³/mol. The van der Waals surface area contributed by atoms with Crippen LogP contribution < -0.4 is 11.1 Å². The largest absolute Gasteiger partial charge is 0.478 e. The highest BCUT2D eigenvalue weighted by Gasteiger charge is 2.09. The maximum atomic E-state index is 10.9. The minimum absolute atomic E-state index is 0.0572. The van der Waals surface area contributed by atoms with Crippen molar-refractivity contribution < 1.29 is 9.90 Å². The molecule has 0 spiro atoms. The summed E-state index contributed by atoms with van der Waals surface area (Å²) >= 11 is 1.58. The fourth-order valence-corrected chi connectivity index (χ4v) is 2.04. The van der Waals surface area contributed by atoms with Gasteiger partial charge in [0.05, 0.1) is 22.5 Å². The van der Waals surface area contributed by atoms with Crippen LogP contribution in [0.3, 0.4) is 0 Å². The molecule has 94 valence electrons. The molecular formula is C11H12N4O2S. The Bertz CT molecular complexity index is 542. The SMILES string of the molecule is Nc1cnc(NCCc2nccs2)cc1C(=O)O. The third-order valence-corrected chi connectivity index (χ3v) is 3.13. The molecule has 2 aromatic heterocycles. The molecule has 0 bridgehead atoms. The van der Waals surface area contributed by atoms with Crippen molar-refractivity contribution >= 4 is 28.8 Å². The Balaban J connectivity index is 1.97. The number of aromatic nitrogens is 2. The zero-order valence-electron chi connectivity index (χ0n) is 9.46. The molecule has 6 nitrogen and oxygen atoms in total. The van der Waals surface area contributed by atoms with E-state index >= 15 is 0 Å². The van der Waals surface area contributed by atoms with Gasteiger partial charge >= 0.3 is 5.97 Å². The highest BCUT2D eigenvalue weighted by molar-refractivity contribution is 7.09. The average molecular weight is 264 g/mol. The lowest BCUT2D eigenvalue weighted by atomic mass is 10.2. The van der Waals surface area contributed by atoms with E-state index in [0.29, 0.717) is 12.4 Å². The zero-order valence-corrected chi connectivity index (χ0v) is 10.3. The number of thiazole rings is 1. The molecule has 18 heavy (non-hydrogen) atoms. The van der Waals surface area contributed by atoms with Crippen LogP contribution in [0.25, 0.3) is 0 Å². The molecule has 2 aromatic rings. The number of carboxylic acids is 1. The van der Waals surface area contributed by atoms with E-state index in [1.54, 1.807) is 17.5 Å². The van der Waals surface area contributed by atoms with Crippen molar-refractivity contribution in [3.05, 3.63) is 34.4 Å². The third kappa shape index (κ3) is 2.95. The monoisotopic (exact) mass is 264 g/mol. The van der Waals surface area contributed by atoms with E-state index < -0.39 is 5.97 Å². The molecule has 0 aliphatic carbocycles. The summed E-state index contributed by atoms with van der Waals surface area (Å²) in [5.74, 6) is -0.559. The molecule has 0 aromatic carbocycles. The summed E-state index contributed by atoms with van der Waals surface area (Å²) in [5.41, 5.74) is 5.73. The number of aromatic carboxylic acids is 1. The van der Waals surface area contributed by atoms with Gasteiger partial charge in [0.1, 0.15) is 5.82 Å². The number of pyridine rings is 1. The smallest absolute Gasteiger partial charge is 0.337 e. The molecule has 0 saturated heterocycles. The number of hydrogen-bond acceptors (Lipinski definition) is 6. The molecule has 0 aliphatic heterocycles. The van der Waals surface area contributed by atoms with E-state index in [1.165, 1.54) is 12.3 Å². The van der Waals surface area contributed by atoms with Crippen LogP contribution in [-0.4, -0.2) is 27.6 Å². The van der Waals surface area contributed by atoms with Gasteiger partial charge in [0, 0.05) is 24.5 Å². The number of hydrogen-bond donors (Lipinski definition) is 3. The Hall–Kier alpha value is -2.15. The fraction of sp³-hybridized carbons (Fsp3) is 0.182. The lowest BCUT2D eigenvalue weighted by Crippen LogP contribution is -2.09. The highest BCUT2D eigenvalue weighted by Crippen LogP contribution is 2.14. The lowest BCUT2D eigenvalue weighted by molar-refractivity contribution is 0.0698. The van der Waals surface area contributed by atoms with Crippen molar-refractivity contribution in [2.75, 3.05) is 17.6 Å². The van der Waals surface area contributed by atoms with Gasteiger partial charge in [-0.05, 0) is 6.07 Å². The topological polar surface area (TPSA) is 101 Å². The van der Waals surface area contributed by atoms with E-state index in [2.05, 4.69) is 15.3 Å². The Labute approximate surface area is 108 Å². The Morgan fingerprint density at radius 3 is 3.00 bits per heavy atom. The molecule has 0 amide bonds. The van der Waals surface area contributed by atoms with E-state index in [9.17, 15) is 4.79 Å². The van der Waals surface area contributed by atoms with Gasteiger partial charge in [0.15, 0.2) is 0 Å². The maximum Gasteiger partial charge on any atom is 0.337 e. The maximum absolute atomic E-state index is 10.9. The molecule has 0 fully saturated rings. The summed E-state index contributed by atoms with van der Waals surface area (Å²) in [7, 11) is 0.